The van der Waals surface area contributed by atoms with E-state index in [1.54, 1.807) is 23.1 Å². The first-order valence-electron chi connectivity index (χ1n) is 11.1. The molecule has 8 nitrogen and oxygen atoms in total. The van der Waals surface area contributed by atoms with Crippen molar-refractivity contribution in [1.29, 1.82) is 0 Å². The van der Waals surface area contributed by atoms with Crippen molar-refractivity contribution in [2.24, 2.45) is 0 Å². The summed E-state index contributed by atoms with van der Waals surface area (Å²) in [4.78, 5) is 56.5. The molecule has 1 aliphatic heterocycles. The number of nitrogens with one attached hydrogen (secondary N) is 1. The van der Waals surface area contributed by atoms with Gasteiger partial charge in [0.1, 0.15) is 5.82 Å². The number of hydrogen-bond donors (Lipinski definition) is 1. The molecule has 0 atom stereocenters. The minimum absolute atomic E-state index is 0.0113. The summed E-state index contributed by atoms with van der Waals surface area (Å²) in [6.07, 6.45) is 0. The van der Waals surface area contributed by atoms with E-state index in [-0.39, 0.29) is 36.5 Å². The van der Waals surface area contributed by atoms with E-state index in [2.05, 4.69) is 4.98 Å². The molecule has 0 bridgehead atoms. The molecule has 0 aliphatic carbocycles. The fourth-order valence-electron chi connectivity index (χ4n) is 4.28. The molecule has 3 heterocycles. The molecule has 36 heavy (non-hydrogen) atoms. The Labute approximate surface area is 213 Å². The molecule has 1 fully saturated rings. The van der Waals surface area contributed by atoms with Crippen molar-refractivity contribution < 1.29 is 14.0 Å². The molecule has 0 spiro atoms. The Bertz CT molecular complexity index is 1590. The van der Waals surface area contributed by atoms with Crippen LogP contribution in [0, 0.1) is 5.82 Å². The molecule has 1 aliphatic rings. The highest BCUT2D eigenvalue weighted by atomic mass is 35.5. The van der Waals surface area contributed by atoms with Crippen molar-refractivity contribution in [1.82, 2.24) is 19.4 Å². The highest BCUT2D eigenvalue weighted by Crippen LogP contribution is 2.20. The number of nitrogens with zero attached hydrogens (tertiary/aromatic N) is 3. The molecular weight excluding hydrogens is 507 g/mol. The Balaban J connectivity index is 1.37. The average Bonchev–Trinajstić information content (AvgIpc) is 3.42. The summed E-state index contributed by atoms with van der Waals surface area (Å²) in [6, 6.07) is 12.3. The quantitative estimate of drug-likeness (QED) is 0.442. The van der Waals surface area contributed by atoms with Gasteiger partial charge in [-0.1, -0.05) is 23.7 Å². The molecule has 0 unspecified atom stereocenters. The molecule has 1 saturated heterocycles. The summed E-state index contributed by atoms with van der Waals surface area (Å²) >= 11 is 7.36. The maximum Gasteiger partial charge on any atom is 0.329 e. The average molecular weight is 527 g/mol. The highest BCUT2D eigenvalue weighted by Gasteiger charge is 2.27. The number of amides is 2. The summed E-state index contributed by atoms with van der Waals surface area (Å²) in [5.74, 6) is -1.24. The second-order valence-corrected chi connectivity index (χ2v) is 9.77. The van der Waals surface area contributed by atoms with Gasteiger partial charge in [0.2, 0.25) is 0 Å². The van der Waals surface area contributed by atoms with Gasteiger partial charge in [0, 0.05) is 31.2 Å². The zero-order valence-electron chi connectivity index (χ0n) is 18.9. The van der Waals surface area contributed by atoms with Crippen LogP contribution in [0.25, 0.3) is 10.9 Å². The first-order valence-corrected chi connectivity index (χ1v) is 12.4. The molecule has 11 heteroatoms. The van der Waals surface area contributed by atoms with Crippen molar-refractivity contribution in [2.45, 2.75) is 6.54 Å². The monoisotopic (exact) mass is 526 g/mol. The zero-order chi connectivity index (χ0) is 25.4. The van der Waals surface area contributed by atoms with Crippen LogP contribution in [0.15, 0.2) is 63.5 Å². The number of thiophene rings is 1. The Morgan fingerprint density at radius 3 is 2.39 bits per heavy atom. The SMILES string of the molecule is O=C(c1cccs1)N1CCN(C(=O)c2cc(Cn3c(=O)[nH]c(=O)c4cc(Cl)ccc43)ccc2F)CC1. The molecule has 2 amide bonds. The van der Waals surface area contributed by atoms with Crippen molar-refractivity contribution in [3.63, 3.8) is 0 Å². The fraction of sp³-hybridized carbons (Fsp3) is 0.200. The van der Waals surface area contributed by atoms with Crippen LogP contribution in [0.5, 0.6) is 0 Å². The van der Waals surface area contributed by atoms with Crippen LogP contribution in [0.1, 0.15) is 25.6 Å². The third kappa shape index (κ3) is 4.57. The normalized spacial score (nSPS) is 13.8. The van der Waals surface area contributed by atoms with Crippen LogP contribution in [-0.4, -0.2) is 57.3 Å². The third-order valence-corrected chi connectivity index (χ3v) is 7.24. The van der Waals surface area contributed by atoms with Gasteiger partial charge in [0.15, 0.2) is 0 Å². The first-order chi connectivity index (χ1) is 17.3. The number of hydrogen-bond acceptors (Lipinski definition) is 5. The number of piperazine rings is 1. The maximum absolute atomic E-state index is 14.7. The topological polar surface area (TPSA) is 95.5 Å². The smallest absolute Gasteiger partial charge is 0.329 e. The van der Waals surface area contributed by atoms with Crippen LogP contribution < -0.4 is 11.2 Å². The van der Waals surface area contributed by atoms with Crippen molar-refractivity contribution >= 4 is 45.7 Å². The molecule has 5 rings (SSSR count). The molecule has 4 aromatic rings. The molecular formula is C25H20ClFN4O4S. The Hall–Kier alpha value is -3.76. The van der Waals surface area contributed by atoms with E-state index in [1.165, 1.54) is 45.1 Å². The van der Waals surface area contributed by atoms with Crippen molar-refractivity contribution in [2.75, 3.05) is 26.2 Å². The minimum Gasteiger partial charge on any atom is -0.335 e. The maximum atomic E-state index is 14.7. The molecule has 0 radical (unpaired) electrons. The van der Waals surface area contributed by atoms with E-state index < -0.39 is 23.0 Å². The summed E-state index contributed by atoms with van der Waals surface area (Å²) in [6.45, 7) is 1.28. The van der Waals surface area contributed by atoms with Gasteiger partial charge >= 0.3 is 5.69 Å². The second-order valence-electron chi connectivity index (χ2n) is 8.38. The van der Waals surface area contributed by atoms with Gasteiger partial charge < -0.3 is 9.80 Å². The number of carbonyl (C=O) groups is 2. The fourth-order valence-corrected chi connectivity index (χ4v) is 5.14. The number of benzene rings is 2. The number of H-pyrrole nitrogens is 1. The van der Waals surface area contributed by atoms with E-state index in [0.29, 0.717) is 34.1 Å². The van der Waals surface area contributed by atoms with E-state index in [9.17, 15) is 23.6 Å². The molecule has 1 N–H and O–H groups in total. The predicted molar refractivity (Wildman–Crippen MR) is 135 cm³/mol. The van der Waals surface area contributed by atoms with Crippen LogP contribution >= 0.6 is 22.9 Å². The van der Waals surface area contributed by atoms with E-state index in [4.69, 9.17) is 11.6 Å². The molecule has 184 valence electrons. The van der Waals surface area contributed by atoms with Gasteiger partial charge in [-0.2, -0.15) is 0 Å². The van der Waals surface area contributed by atoms with E-state index in [0.717, 1.165) is 0 Å². The lowest BCUT2D eigenvalue weighted by molar-refractivity contribution is 0.0535. The van der Waals surface area contributed by atoms with E-state index in [1.807, 2.05) is 11.4 Å². The van der Waals surface area contributed by atoms with Gasteiger partial charge in [-0.25, -0.2) is 9.18 Å². The third-order valence-electron chi connectivity index (χ3n) is 6.15. The van der Waals surface area contributed by atoms with Gasteiger partial charge in [-0.3, -0.25) is 23.9 Å². The van der Waals surface area contributed by atoms with E-state index >= 15 is 0 Å². The zero-order valence-corrected chi connectivity index (χ0v) is 20.4. The number of fused-ring (bicyclic) bond motifs is 1. The van der Waals surface area contributed by atoms with Gasteiger partial charge in [0.05, 0.1) is 27.9 Å². The van der Waals surface area contributed by atoms with Crippen LogP contribution in [0.2, 0.25) is 5.02 Å². The molecule has 0 saturated carbocycles. The Kier molecular flexibility index (Phi) is 6.46. The van der Waals surface area contributed by atoms with Crippen LogP contribution in [-0.2, 0) is 6.54 Å². The lowest BCUT2D eigenvalue weighted by Gasteiger charge is -2.34. The predicted octanol–water partition coefficient (Wildman–Crippen LogP) is 3.19. The van der Waals surface area contributed by atoms with Gasteiger partial charge in [0.25, 0.3) is 17.4 Å². The number of halogens is 2. The standard InChI is InChI=1S/C25H20ClFN4O4S/c26-16-4-6-20-18(13-16)22(32)28-25(35)31(20)14-15-3-5-19(27)17(12-15)23(33)29-7-9-30(10-8-29)24(34)21-2-1-11-36-21/h1-6,11-13H,7-10,14H2,(H,28,32,35). The Morgan fingerprint density at radius 1 is 0.972 bits per heavy atom. The lowest BCUT2D eigenvalue weighted by atomic mass is 10.1. The number of carbonyl (C=O) groups excluding carboxylic acids is 2. The summed E-state index contributed by atoms with van der Waals surface area (Å²) in [5.41, 5.74) is -0.414. The summed E-state index contributed by atoms with van der Waals surface area (Å²) < 4.78 is 16.0. The lowest BCUT2D eigenvalue weighted by Crippen LogP contribution is -2.50. The highest BCUT2D eigenvalue weighted by molar-refractivity contribution is 7.12. The first kappa shape index (κ1) is 24.0. The Morgan fingerprint density at radius 2 is 1.69 bits per heavy atom. The number of aromatic nitrogens is 2. The van der Waals surface area contributed by atoms with Crippen LogP contribution in [0.3, 0.4) is 0 Å². The summed E-state index contributed by atoms with van der Waals surface area (Å²) in [5, 5.41) is 2.43. The minimum atomic E-state index is -0.675. The summed E-state index contributed by atoms with van der Waals surface area (Å²) in [7, 11) is 0. The second kappa shape index (κ2) is 9.71. The van der Waals surface area contributed by atoms with Crippen molar-refractivity contribution in [3.8, 4) is 0 Å². The largest absolute Gasteiger partial charge is 0.335 e. The van der Waals surface area contributed by atoms with Crippen LogP contribution in [0.4, 0.5) is 4.39 Å². The number of aromatic amines is 1. The van der Waals surface area contributed by atoms with Crippen molar-refractivity contribution in [3.05, 3.63) is 102 Å². The molecule has 2 aromatic heterocycles. The number of rotatable bonds is 4. The van der Waals surface area contributed by atoms with Gasteiger partial charge in [-0.15, -0.1) is 11.3 Å². The van der Waals surface area contributed by atoms with Gasteiger partial charge in [-0.05, 0) is 47.3 Å². The molecule has 2 aromatic carbocycles.